The number of hydrogen-bond acceptors (Lipinski definition) is 2. The van der Waals surface area contributed by atoms with Crippen molar-refractivity contribution in [3.05, 3.63) is 63.6 Å². The molecule has 4 heteroatoms. The van der Waals surface area contributed by atoms with E-state index >= 15 is 0 Å². The van der Waals surface area contributed by atoms with E-state index in [0.29, 0.717) is 6.04 Å². The largest absolute Gasteiger partial charge is 0.309 e. The lowest BCUT2D eigenvalue weighted by atomic mass is 10.1. The Bertz CT molecular complexity index is 544. The van der Waals surface area contributed by atoms with Crippen LogP contribution in [0.15, 0.2) is 57.9 Å². The summed E-state index contributed by atoms with van der Waals surface area (Å²) in [6, 6.07) is 16.8. The van der Waals surface area contributed by atoms with Gasteiger partial charge in [-0.05, 0) is 42.4 Å². The number of thioether (sulfide) groups is 1. The van der Waals surface area contributed by atoms with E-state index in [1.165, 1.54) is 10.5 Å². The standard InChI is InChI=1S/C16H17BrClNS/c1-2-19-16(12-6-8-14(18)9-7-12)11-20-15-5-3-4-13(17)10-15/h3-10,16,19H,2,11H2,1H3. The van der Waals surface area contributed by atoms with Gasteiger partial charge in [0.15, 0.2) is 0 Å². The molecule has 2 aromatic rings. The van der Waals surface area contributed by atoms with E-state index in [2.05, 4.69) is 58.5 Å². The third-order valence-corrected chi connectivity index (χ3v) is 4.77. The fourth-order valence-corrected chi connectivity index (χ4v) is 3.68. The van der Waals surface area contributed by atoms with Crippen LogP contribution in [0.2, 0.25) is 5.02 Å². The van der Waals surface area contributed by atoms with Gasteiger partial charge in [-0.2, -0.15) is 0 Å². The molecule has 0 aliphatic rings. The lowest BCUT2D eigenvalue weighted by Crippen LogP contribution is -2.22. The second kappa shape index (κ2) is 8.08. The van der Waals surface area contributed by atoms with E-state index in [9.17, 15) is 0 Å². The zero-order valence-electron chi connectivity index (χ0n) is 11.3. The quantitative estimate of drug-likeness (QED) is 0.669. The molecule has 0 saturated heterocycles. The fourth-order valence-electron chi connectivity index (χ4n) is 1.95. The average Bonchev–Trinajstić information content (AvgIpc) is 2.44. The summed E-state index contributed by atoms with van der Waals surface area (Å²) in [5, 5.41) is 4.31. The summed E-state index contributed by atoms with van der Waals surface area (Å²) in [6.45, 7) is 3.08. The SMILES string of the molecule is CCNC(CSc1cccc(Br)c1)c1ccc(Cl)cc1. The van der Waals surface area contributed by atoms with Crippen molar-refractivity contribution in [2.75, 3.05) is 12.3 Å². The molecule has 1 atom stereocenters. The molecule has 1 nitrogen and oxygen atoms in total. The number of benzene rings is 2. The minimum atomic E-state index is 0.334. The number of hydrogen-bond donors (Lipinski definition) is 1. The lowest BCUT2D eigenvalue weighted by Gasteiger charge is -2.18. The van der Waals surface area contributed by atoms with Crippen LogP contribution in [-0.4, -0.2) is 12.3 Å². The van der Waals surface area contributed by atoms with Crippen molar-refractivity contribution >= 4 is 39.3 Å². The Kier molecular flexibility index (Phi) is 6.43. The number of rotatable bonds is 6. The average molecular weight is 371 g/mol. The van der Waals surface area contributed by atoms with Crippen LogP contribution < -0.4 is 5.32 Å². The van der Waals surface area contributed by atoms with Gasteiger partial charge in [-0.25, -0.2) is 0 Å². The van der Waals surface area contributed by atoms with Gasteiger partial charge in [-0.15, -0.1) is 11.8 Å². The predicted molar refractivity (Wildman–Crippen MR) is 92.7 cm³/mol. The highest BCUT2D eigenvalue weighted by Gasteiger charge is 2.10. The summed E-state index contributed by atoms with van der Waals surface area (Å²) in [4.78, 5) is 1.27. The minimum Gasteiger partial charge on any atom is -0.309 e. The third-order valence-electron chi connectivity index (χ3n) is 2.94. The Morgan fingerprint density at radius 2 is 1.95 bits per heavy atom. The topological polar surface area (TPSA) is 12.0 Å². The molecule has 0 aromatic heterocycles. The highest BCUT2D eigenvalue weighted by Crippen LogP contribution is 2.27. The summed E-state index contributed by atoms with van der Waals surface area (Å²) in [5.74, 6) is 0.992. The van der Waals surface area contributed by atoms with Gasteiger partial charge in [-0.1, -0.05) is 52.7 Å². The minimum absolute atomic E-state index is 0.334. The van der Waals surface area contributed by atoms with Crippen molar-refractivity contribution in [2.45, 2.75) is 17.9 Å². The maximum absolute atomic E-state index is 5.95. The van der Waals surface area contributed by atoms with E-state index in [1.54, 1.807) is 0 Å². The number of halogens is 2. The second-order valence-corrected chi connectivity index (χ2v) is 6.88. The molecule has 1 N–H and O–H groups in total. The Labute approximate surface area is 138 Å². The second-order valence-electron chi connectivity index (χ2n) is 4.43. The molecule has 0 aliphatic carbocycles. The highest BCUT2D eigenvalue weighted by molar-refractivity contribution is 9.10. The van der Waals surface area contributed by atoms with E-state index < -0.39 is 0 Å². The third kappa shape index (κ3) is 4.81. The molecule has 0 amide bonds. The van der Waals surface area contributed by atoms with Crippen LogP contribution in [0, 0.1) is 0 Å². The van der Waals surface area contributed by atoms with Crippen molar-refractivity contribution in [2.24, 2.45) is 0 Å². The van der Waals surface area contributed by atoms with Gasteiger partial charge < -0.3 is 5.32 Å². The molecule has 0 fully saturated rings. The van der Waals surface area contributed by atoms with Gasteiger partial charge in [0, 0.05) is 26.2 Å². The molecule has 0 heterocycles. The van der Waals surface area contributed by atoms with E-state index in [0.717, 1.165) is 21.8 Å². The molecule has 0 radical (unpaired) electrons. The van der Waals surface area contributed by atoms with Gasteiger partial charge in [0.05, 0.1) is 0 Å². The summed E-state index contributed by atoms with van der Waals surface area (Å²) >= 11 is 11.3. The van der Waals surface area contributed by atoms with Crippen LogP contribution in [0.5, 0.6) is 0 Å². The Hall–Kier alpha value is -0.480. The normalized spacial score (nSPS) is 12.3. The van der Waals surface area contributed by atoms with Crippen molar-refractivity contribution < 1.29 is 0 Å². The van der Waals surface area contributed by atoms with E-state index in [-0.39, 0.29) is 0 Å². The predicted octanol–water partition coefficient (Wildman–Crippen LogP) is 5.55. The van der Waals surface area contributed by atoms with Crippen molar-refractivity contribution in [3.63, 3.8) is 0 Å². The van der Waals surface area contributed by atoms with E-state index in [1.807, 2.05) is 30.0 Å². The molecular weight excluding hydrogens is 354 g/mol. The molecule has 0 aliphatic heterocycles. The van der Waals surface area contributed by atoms with Crippen LogP contribution >= 0.6 is 39.3 Å². The van der Waals surface area contributed by atoms with Gasteiger partial charge in [-0.3, -0.25) is 0 Å². The van der Waals surface area contributed by atoms with Crippen LogP contribution in [0.1, 0.15) is 18.5 Å². The summed E-state index contributed by atoms with van der Waals surface area (Å²) < 4.78 is 1.12. The maximum atomic E-state index is 5.95. The van der Waals surface area contributed by atoms with Gasteiger partial charge in [0.1, 0.15) is 0 Å². The van der Waals surface area contributed by atoms with Crippen LogP contribution in [0.25, 0.3) is 0 Å². The fraction of sp³-hybridized carbons (Fsp3) is 0.250. The molecule has 106 valence electrons. The molecule has 0 saturated carbocycles. The zero-order chi connectivity index (χ0) is 14.4. The maximum Gasteiger partial charge on any atom is 0.0415 e. The first-order valence-corrected chi connectivity index (χ1v) is 8.72. The van der Waals surface area contributed by atoms with Gasteiger partial charge in [0.2, 0.25) is 0 Å². The molecule has 0 spiro atoms. The van der Waals surface area contributed by atoms with Crippen molar-refractivity contribution in [3.8, 4) is 0 Å². The van der Waals surface area contributed by atoms with Crippen LogP contribution in [0.4, 0.5) is 0 Å². The summed E-state index contributed by atoms with van der Waals surface area (Å²) in [6.07, 6.45) is 0. The number of nitrogens with one attached hydrogen (secondary N) is 1. The first-order chi connectivity index (χ1) is 9.69. The summed E-state index contributed by atoms with van der Waals surface area (Å²) in [7, 11) is 0. The van der Waals surface area contributed by atoms with E-state index in [4.69, 9.17) is 11.6 Å². The molecule has 20 heavy (non-hydrogen) atoms. The Morgan fingerprint density at radius 1 is 1.20 bits per heavy atom. The molecule has 0 bridgehead atoms. The van der Waals surface area contributed by atoms with Gasteiger partial charge >= 0.3 is 0 Å². The molecule has 2 rings (SSSR count). The molecule has 2 aromatic carbocycles. The smallest absolute Gasteiger partial charge is 0.0415 e. The summed E-state index contributed by atoms with van der Waals surface area (Å²) in [5.41, 5.74) is 1.28. The van der Waals surface area contributed by atoms with Gasteiger partial charge in [0.25, 0.3) is 0 Å². The van der Waals surface area contributed by atoms with Crippen LogP contribution in [0.3, 0.4) is 0 Å². The lowest BCUT2D eigenvalue weighted by molar-refractivity contribution is 0.606. The van der Waals surface area contributed by atoms with Crippen molar-refractivity contribution in [1.82, 2.24) is 5.32 Å². The Balaban J connectivity index is 2.04. The van der Waals surface area contributed by atoms with Crippen molar-refractivity contribution in [1.29, 1.82) is 0 Å². The molecule has 1 unspecified atom stereocenters. The highest BCUT2D eigenvalue weighted by atomic mass is 79.9. The first kappa shape index (κ1) is 15.9. The Morgan fingerprint density at radius 3 is 2.60 bits per heavy atom. The van der Waals surface area contributed by atoms with Crippen LogP contribution in [-0.2, 0) is 0 Å². The zero-order valence-corrected chi connectivity index (χ0v) is 14.4. The first-order valence-electron chi connectivity index (χ1n) is 6.56. The molecular formula is C16H17BrClNS. The monoisotopic (exact) mass is 369 g/mol.